The van der Waals surface area contributed by atoms with Crippen molar-refractivity contribution in [2.75, 3.05) is 62.3 Å². The number of nitro groups is 1. The van der Waals surface area contributed by atoms with Crippen LogP contribution in [0.5, 0.6) is 0 Å². The van der Waals surface area contributed by atoms with Gasteiger partial charge in [0.25, 0.3) is 5.91 Å². The van der Waals surface area contributed by atoms with Crippen molar-refractivity contribution in [2.45, 2.75) is 0 Å². The number of furan rings is 1. The third kappa shape index (κ3) is 3.74. The van der Waals surface area contributed by atoms with Crippen LogP contribution in [-0.2, 0) is 4.74 Å². The van der Waals surface area contributed by atoms with E-state index in [2.05, 4.69) is 19.8 Å². The molecule has 4 rings (SSSR count). The summed E-state index contributed by atoms with van der Waals surface area (Å²) in [6, 6.07) is 4.39. The first kappa shape index (κ1) is 18.2. The van der Waals surface area contributed by atoms with Gasteiger partial charge in [-0.3, -0.25) is 14.9 Å². The average molecular weight is 388 g/mol. The number of aromatic nitrogens is 2. The standard InChI is InChI=1S/C17H20N6O5/c24-16(13-1-2-15(28-13)23(25)26)21-7-5-20(6-8-21)14-3-4-18-17(19-14)22-9-11-27-12-10-22/h1-4H,5-12H2. The molecule has 28 heavy (non-hydrogen) atoms. The lowest BCUT2D eigenvalue weighted by molar-refractivity contribution is -0.402. The number of nitrogens with zero attached hydrogens (tertiary/aromatic N) is 6. The summed E-state index contributed by atoms with van der Waals surface area (Å²) >= 11 is 0. The summed E-state index contributed by atoms with van der Waals surface area (Å²) in [4.78, 5) is 37.4. The average Bonchev–Trinajstić information content (AvgIpc) is 3.25. The van der Waals surface area contributed by atoms with Gasteiger partial charge in [-0.05, 0) is 12.1 Å². The molecule has 2 aromatic heterocycles. The van der Waals surface area contributed by atoms with Crippen molar-refractivity contribution in [3.8, 4) is 0 Å². The van der Waals surface area contributed by atoms with Gasteiger partial charge in [-0.15, -0.1) is 0 Å². The van der Waals surface area contributed by atoms with Crippen LogP contribution < -0.4 is 9.80 Å². The van der Waals surface area contributed by atoms with Crippen LogP contribution in [0, 0.1) is 10.1 Å². The summed E-state index contributed by atoms with van der Waals surface area (Å²) in [5.74, 6) is 0.708. The van der Waals surface area contributed by atoms with Crippen molar-refractivity contribution >= 4 is 23.6 Å². The quantitative estimate of drug-likeness (QED) is 0.553. The topological polar surface area (TPSA) is 118 Å². The van der Waals surface area contributed by atoms with E-state index in [1.54, 1.807) is 11.1 Å². The minimum absolute atomic E-state index is 0.0169. The Bertz CT molecular complexity index is 857. The summed E-state index contributed by atoms with van der Waals surface area (Å²) in [6.07, 6.45) is 1.74. The molecule has 2 aliphatic heterocycles. The molecule has 0 radical (unpaired) electrons. The van der Waals surface area contributed by atoms with Gasteiger partial charge in [0.15, 0.2) is 5.76 Å². The Labute approximate surface area is 160 Å². The molecular weight excluding hydrogens is 368 g/mol. The first-order valence-corrected chi connectivity index (χ1v) is 9.06. The van der Waals surface area contributed by atoms with Crippen LogP contribution in [0.1, 0.15) is 10.6 Å². The monoisotopic (exact) mass is 388 g/mol. The first-order chi connectivity index (χ1) is 13.6. The summed E-state index contributed by atoms with van der Waals surface area (Å²) in [7, 11) is 0. The predicted molar refractivity (Wildman–Crippen MR) is 98.5 cm³/mol. The molecule has 0 atom stereocenters. The number of amides is 1. The Kier molecular flexibility index (Phi) is 5.06. The van der Waals surface area contributed by atoms with Crippen molar-refractivity contribution in [3.05, 3.63) is 40.3 Å². The number of ether oxygens (including phenoxy) is 1. The minimum Gasteiger partial charge on any atom is -0.395 e. The van der Waals surface area contributed by atoms with E-state index < -0.39 is 10.8 Å². The molecule has 0 spiro atoms. The maximum Gasteiger partial charge on any atom is 0.433 e. The Morgan fingerprint density at radius 2 is 1.79 bits per heavy atom. The number of hydrogen-bond donors (Lipinski definition) is 0. The van der Waals surface area contributed by atoms with Crippen LogP contribution in [0.25, 0.3) is 0 Å². The van der Waals surface area contributed by atoms with E-state index in [9.17, 15) is 14.9 Å². The molecule has 0 saturated carbocycles. The van der Waals surface area contributed by atoms with Crippen LogP contribution in [0.3, 0.4) is 0 Å². The first-order valence-electron chi connectivity index (χ1n) is 9.06. The molecule has 0 bridgehead atoms. The molecule has 0 aromatic carbocycles. The van der Waals surface area contributed by atoms with Gasteiger partial charge in [-0.25, -0.2) is 4.98 Å². The van der Waals surface area contributed by atoms with Crippen molar-refractivity contribution in [1.29, 1.82) is 0 Å². The highest BCUT2D eigenvalue weighted by Crippen LogP contribution is 2.20. The molecule has 1 amide bonds. The lowest BCUT2D eigenvalue weighted by Crippen LogP contribution is -2.49. The number of piperazine rings is 1. The Balaban J connectivity index is 1.38. The smallest absolute Gasteiger partial charge is 0.395 e. The summed E-state index contributed by atoms with van der Waals surface area (Å²) in [5, 5.41) is 10.7. The van der Waals surface area contributed by atoms with E-state index in [1.165, 1.54) is 12.1 Å². The van der Waals surface area contributed by atoms with Crippen molar-refractivity contribution in [1.82, 2.24) is 14.9 Å². The molecule has 11 nitrogen and oxygen atoms in total. The van der Waals surface area contributed by atoms with Crippen LogP contribution in [0.4, 0.5) is 17.7 Å². The van der Waals surface area contributed by atoms with E-state index in [0.717, 1.165) is 18.9 Å². The van der Waals surface area contributed by atoms with Crippen molar-refractivity contribution in [3.63, 3.8) is 0 Å². The van der Waals surface area contributed by atoms with Gasteiger partial charge < -0.3 is 23.9 Å². The van der Waals surface area contributed by atoms with Crippen LogP contribution in [0.15, 0.2) is 28.8 Å². The molecule has 0 unspecified atom stereocenters. The molecule has 11 heteroatoms. The molecule has 2 fully saturated rings. The van der Waals surface area contributed by atoms with Gasteiger partial charge in [-0.2, -0.15) is 4.98 Å². The highest BCUT2D eigenvalue weighted by Gasteiger charge is 2.27. The van der Waals surface area contributed by atoms with Crippen LogP contribution >= 0.6 is 0 Å². The van der Waals surface area contributed by atoms with Gasteiger partial charge in [0.1, 0.15) is 10.7 Å². The Hall–Kier alpha value is -3.21. The number of carbonyl (C=O) groups excluding carboxylic acids is 1. The highest BCUT2D eigenvalue weighted by molar-refractivity contribution is 5.92. The molecular formula is C17H20N6O5. The third-order valence-electron chi connectivity index (χ3n) is 4.80. The number of rotatable bonds is 4. The normalized spacial score (nSPS) is 17.6. The maximum atomic E-state index is 12.5. The number of anilines is 2. The summed E-state index contributed by atoms with van der Waals surface area (Å²) in [6.45, 7) is 5.03. The molecule has 2 aliphatic rings. The van der Waals surface area contributed by atoms with Gasteiger partial charge in [0, 0.05) is 45.5 Å². The van der Waals surface area contributed by atoms with E-state index in [4.69, 9.17) is 9.15 Å². The zero-order chi connectivity index (χ0) is 19.5. The fourth-order valence-corrected chi connectivity index (χ4v) is 3.27. The second-order valence-electron chi connectivity index (χ2n) is 6.49. The maximum absolute atomic E-state index is 12.5. The van der Waals surface area contributed by atoms with E-state index in [1.807, 2.05) is 6.07 Å². The van der Waals surface area contributed by atoms with E-state index >= 15 is 0 Å². The second kappa shape index (κ2) is 7.80. The number of carbonyl (C=O) groups is 1. The third-order valence-corrected chi connectivity index (χ3v) is 4.80. The lowest BCUT2D eigenvalue weighted by atomic mass is 10.3. The van der Waals surface area contributed by atoms with Crippen LogP contribution in [-0.4, -0.2) is 78.2 Å². The van der Waals surface area contributed by atoms with Gasteiger partial charge in [-0.1, -0.05) is 0 Å². The fourth-order valence-electron chi connectivity index (χ4n) is 3.27. The Morgan fingerprint density at radius 3 is 2.46 bits per heavy atom. The predicted octanol–water partition coefficient (Wildman–Crippen LogP) is 0.777. The molecule has 2 aromatic rings. The Morgan fingerprint density at radius 1 is 1.04 bits per heavy atom. The van der Waals surface area contributed by atoms with Crippen LogP contribution in [0.2, 0.25) is 0 Å². The van der Waals surface area contributed by atoms with E-state index in [-0.39, 0.29) is 11.7 Å². The number of morpholine rings is 1. The zero-order valence-electron chi connectivity index (χ0n) is 15.2. The minimum atomic E-state index is -0.657. The molecule has 2 saturated heterocycles. The van der Waals surface area contributed by atoms with Crippen molar-refractivity contribution < 1.29 is 18.9 Å². The highest BCUT2D eigenvalue weighted by atomic mass is 16.6. The molecule has 0 aliphatic carbocycles. The van der Waals surface area contributed by atoms with Gasteiger partial charge in [0.05, 0.1) is 19.3 Å². The summed E-state index contributed by atoms with van der Waals surface area (Å²) < 4.78 is 10.4. The summed E-state index contributed by atoms with van der Waals surface area (Å²) in [5.41, 5.74) is 0. The second-order valence-corrected chi connectivity index (χ2v) is 6.49. The molecule has 148 valence electrons. The molecule has 0 N–H and O–H groups in total. The fraction of sp³-hybridized carbons (Fsp3) is 0.471. The lowest BCUT2D eigenvalue weighted by Gasteiger charge is -2.35. The largest absolute Gasteiger partial charge is 0.433 e. The zero-order valence-corrected chi connectivity index (χ0v) is 15.2. The van der Waals surface area contributed by atoms with E-state index in [0.29, 0.717) is 45.3 Å². The SMILES string of the molecule is O=C(c1ccc([N+](=O)[O-])o1)N1CCN(c2ccnc(N3CCOCC3)n2)CC1. The van der Waals surface area contributed by atoms with Gasteiger partial charge >= 0.3 is 5.88 Å². The van der Waals surface area contributed by atoms with Gasteiger partial charge in [0.2, 0.25) is 5.95 Å². The molecule has 4 heterocycles. The van der Waals surface area contributed by atoms with Crippen molar-refractivity contribution in [2.24, 2.45) is 0 Å². The number of hydrogen-bond acceptors (Lipinski definition) is 9.